The summed E-state index contributed by atoms with van der Waals surface area (Å²) in [4.78, 5) is 0.223. The molecular formula is C13H17ClN2O3S. The van der Waals surface area contributed by atoms with Gasteiger partial charge in [-0.05, 0) is 30.5 Å². The average molecular weight is 317 g/mol. The minimum Gasteiger partial charge on any atom is -0.372 e. The third-order valence-corrected chi connectivity index (χ3v) is 6.07. The summed E-state index contributed by atoms with van der Waals surface area (Å²) in [6, 6.07) is 4.72. The fraction of sp³-hybridized carbons (Fsp3) is 0.538. The van der Waals surface area contributed by atoms with Gasteiger partial charge < -0.3 is 10.5 Å². The van der Waals surface area contributed by atoms with Gasteiger partial charge in [-0.1, -0.05) is 17.7 Å². The second-order valence-corrected chi connectivity index (χ2v) is 7.58. The SMILES string of the molecule is NCc1ccc(S(=O)(=O)N2CC3CCC(C2)O3)cc1Cl. The van der Waals surface area contributed by atoms with Crippen molar-refractivity contribution in [2.24, 2.45) is 5.73 Å². The lowest BCUT2D eigenvalue weighted by atomic mass is 10.2. The molecule has 1 aromatic rings. The summed E-state index contributed by atoms with van der Waals surface area (Å²) in [5.74, 6) is 0. The molecule has 2 heterocycles. The van der Waals surface area contributed by atoms with Gasteiger partial charge in [-0.2, -0.15) is 4.31 Å². The Morgan fingerprint density at radius 2 is 1.95 bits per heavy atom. The summed E-state index contributed by atoms with van der Waals surface area (Å²) in [6.07, 6.45) is 1.93. The van der Waals surface area contributed by atoms with Crippen LogP contribution in [-0.2, 0) is 21.3 Å². The molecule has 2 unspecified atom stereocenters. The molecule has 2 aliphatic rings. The normalized spacial score (nSPS) is 26.9. The molecule has 0 aliphatic carbocycles. The Labute approximate surface area is 123 Å². The van der Waals surface area contributed by atoms with Crippen LogP contribution in [0.5, 0.6) is 0 Å². The molecule has 2 N–H and O–H groups in total. The van der Waals surface area contributed by atoms with Crippen molar-refractivity contribution in [3.63, 3.8) is 0 Å². The number of fused-ring (bicyclic) bond motifs is 2. The topological polar surface area (TPSA) is 72.6 Å². The Morgan fingerprint density at radius 1 is 1.30 bits per heavy atom. The van der Waals surface area contributed by atoms with Gasteiger partial charge in [-0.25, -0.2) is 8.42 Å². The van der Waals surface area contributed by atoms with Gasteiger partial charge in [0.25, 0.3) is 0 Å². The minimum atomic E-state index is -3.51. The highest BCUT2D eigenvalue weighted by Crippen LogP contribution is 2.31. The number of rotatable bonds is 3. The first-order valence-electron chi connectivity index (χ1n) is 6.65. The van der Waals surface area contributed by atoms with Crippen molar-refractivity contribution in [1.29, 1.82) is 0 Å². The maximum absolute atomic E-state index is 12.6. The first-order chi connectivity index (χ1) is 9.50. The average Bonchev–Trinajstić information content (AvgIpc) is 2.77. The second kappa shape index (κ2) is 5.27. The molecule has 3 rings (SSSR count). The summed E-state index contributed by atoms with van der Waals surface area (Å²) in [5, 5.41) is 0.393. The fourth-order valence-electron chi connectivity index (χ4n) is 2.78. The first-order valence-corrected chi connectivity index (χ1v) is 8.46. The number of sulfonamides is 1. The zero-order chi connectivity index (χ0) is 14.3. The molecule has 1 aromatic carbocycles. The Morgan fingerprint density at radius 3 is 2.50 bits per heavy atom. The highest BCUT2D eigenvalue weighted by atomic mass is 35.5. The van der Waals surface area contributed by atoms with Gasteiger partial charge >= 0.3 is 0 Å². The minimum absolute atomic E-state index is 0.0299. The zero-order valence-corrected chi connectivity index (χ0v) is 12.5. The quantitative estimate of drug-likeness (QED) is 0.913. The summed E-state index contributed by atoms with van der Waals surface area (Å²) in [7, 11) is -3.51. The van der Waals surface area contributed by atoms with E-state index in [1.54, 1.807) is 12.1 Å². The van der Waals surface area contributed by atoms with E-state index < -0.39 is 10.0 Å². The van der Waals surface area contributed by atoms with Gasteiger partial charge in [0.05, 0.1) is 17.1 Å². The molecule has 2 atom stereocenters. The van der Waals surface area contributed by atoms with Crippen LogP contribution in [0.2, 0.25) is 5.02 Å². The standard InChI is InChI=1S/C13H17ClN2O3S/c14-13-5-12(4-1-9(13)6-15)20(17,18)16-7-10-2-3-11(8-16)19-10/h1,4-5,10-11H,2-3,6-8,15H2. The highest BCUT2D eigenvalue weighted by Gasteiger charge is 2.39. The van der Waals surface area contributed by atoms with Crippen LogP contribution in [0.4, 0.5) is 0 Å². The van der Waals surface area contributed by atoms with Crippen molar-refractivity contribution in [2.45, 2.75) is 36.5 Å². The van der Waals surface area contributed by atoms with E-state index in [9.17, 15) is 8.42 Å². The van der Waals surface area contributed by atoms with Crippen molar-refractivity contribution < 1.29 is 13.2 Å². The van der Waals surface area contributed by atoms with E-state index in [4.69, 9.17) is 22.1 Å². The Balaban J connectivity index is 1.90. The van der Waals surface area contributed by atoms with E-state index in [-0.39, 0.29) is 17.1 Å². The maximum atomic E-state index is 12.6. The van der Waals surface area contributed by atoms with Gasteiger partial charge in [-0.15, -0.1) is 0 Å². The van der Waals surface area contributed by atoms with E-state index in [1.165, 1.54) is 10.4 Å². The number of benzene rings is 1. The maximum Gasteiger partial charge on any atom is 0.243 e. The second-order valence-electron chi connectivity index (χ2n) is 5.24. The predicted molar refractivity (Wildman–Crippen MR) is 76.0 cm³/mol. The van der Waals surface area contributed by atoms with E-state index >= 15 is 0 Å². The molecule has 5 nitrogen and oxygen atoms in total. The van der Waals surface area contributed by atoms with Gasteiger partial charge in [-0.3, -0.25) is 0 Å². The largest absolute Gasteiger partial charge is 0.372 e. The van der Waals surface area contributed by atoms with Crippen LogP contribution in [0.1, 0.15) is 18.4 Å². The number of nitrogens with zero attached hydrogens (tertiary/aromatic N) is 1. The third kappa shape index (κ3) is 2.46. The lowest BCUT2D eigenvalue weighted by Crippen LogP contribution is -2.45. The number of ether oxygens (including phenoxy) is 1. The van der Waals surface area contributed by atoms with Gasteiger partial charge in [0.2, 0.25) is 10.0 Å². The van der Waals surface area contributed by atoms with Gasteiger partial charge in [0, 0.05) is 24.7 Å². The fourth-order valence-corrected chi connectivity index (χ4v) is 4.63. The predicted octanol–water partition coefficient (Wildman–Crippen LogP) is 1.35. The van der Waals surface area contributed by atoms with E-state index in [0.29, 0.717) is 24.7 Å². The summed E-state index contributed by atoms with van der Waals surface area (Å²) < 4.78 is 32.5. The lowest BCUT2D eigenvalue weighted by molar-refractivity contribution is -0.0114. The molecule has 0 spiro atoms. The van der Waals surface area contributed by atoms with E-state index in [2.05, 4.69) is 0 Å². The first kappa shape index (κ1) is 14.3. The van der Waals surface area contributed by atoms with Gasteiger partial charge in [0.1, 0.15) is 0 Å². The molecule has 0 saturated carbocycles. The lowest BCUT2D eigenvalue weighted by Gasteiger charge is -2.31. The van der Waals surface area contributed by atoms with Crippen LogP contribution in [0.3, 0.4) is 0 Å². The summed E-state index contributed by atoms with van der Waals surface area (Å²) >= 11 is 6.06. The third-order valence-electron chi connectivity index (χ3n) is 3.89. The smallest absolute Gasteiger partial charge is 0.243 e. The molecule has 2 saturated heterocycles. The number of hydrogen-bond donors (Lipinski definition) is 1. The monoisotopic (exact) mass is 316 g/mol. The molecule has 110 valence electrons. The van der Waals surface area contributed by atoms with Crippen LogP contribution in [0.15, 0.2) is 23.1 Å². The number of halogens is 1. The molecule has 7 heteroatoms. The van der Waals surface area contributed by atoms with Crippen molar-refractivity contribution in [1.82, 2.24) is 4.31 Å². The van der Waals surface area contributed by atoms with E-state index in [1.807, 2.05) is 0 Å². The summed E-state index contributed by atoms with van der Waals surface area (Å²) in [6.45, 7) is 1.14. The Bertz CT molecular complexity index is 608. The van der Waals surface area contributed by atoms with Crippen molar-refractivity contribution >= 4 is 21.6 Å². The van der Waals surface area contributed by atoms with Crippen molar-refractivity contribution in [2.75, 3.05) is 13.1 Å². The molecule has 20 heavy (non-hydrogen) atoms. The molecular weight excluding hydrogens is 300 g/mol. The zero-order valence-electron chi connectivity index (χ0n) is 11.0. The molecule has 0 radical (unpaired) electrons. The molecule has 2 bridgehead atoms. The van der Waals surface area contributed by atoms with Crippen molar-refractivity contribution in [3.8, 4) is 0 Å². The van der Waals surface area contributed by atoms with Crippen molar-refractivity contribution in [3.05, 3.63) is 28.8 Å². The van der Waals surface area contributed by atoms with Crippen LogP contribution in [0.25, 0.3) is 0 Å². The number of nitrogens with two attached hydrogens (primary N) is 1. The van der Waals surface area contributed by atoms with Crippen LogP contribution in [-0.4, -0.2) is 38.0 Å². The summed E-state index contributed by atoms with van der Waals surface area (Å²) in [5.41, 5.74) is 6.28. The van der Waals surface area contributed by atoms with Crippen LogP contribution < -0.4 is 5.73 Å². The molecule has 0 aromatic heterocycles. The highest BCUT2D eigenvalue weighted by molar-refractivity contribution is 7.89. The van der Waals surface area contributed by atoms with Crippen LogP contribution in [0, 0.1) is 0 Å². The van der Waals surface area contributed by atoms with Crippen LogP contribution >= 0.6 is 11.6 Å². The number of hydrogen-bond acceptors (Lipinski definition) is 4. The molecule has 0 amide bonds. The Hall–Kier alpha value is -0.660. The van der Waals surface area contributed by atoms with Gasteiger partial charge in [0.15, 0.2) is 0 Å². The Kier molecular flexibility index (Phi) is 3.77. The molecule has 2 fully saturated rings. The number of morpholine rings is 1. The molecule has 2 aliphatic heterocycles. The van der Waals surface area contributed by atoms with E-state index in [0.717, 1.165) is 18.4 Å².